The molecule has 6 fully saturated rings. The molecule has 6 aliphatic rings. The maximum atomic E-state index is 13.4. The summed E-state index contributed by atoms with van der Waals surface area (Å²) >= 11 is 0. The molecule has 0 amide bonds. The number of ether oxygens (including phenoxy) is 1. The van der Waals surface area contributed by atoms with E-state index in [0.29, 0.717) is 30.1 Å². The molecular formula is C30H49O6P. The van der Waals surface area contributed by atoms with Crippen LogP contribution in [0.4, 0.5) is 0 Å². The Balaban J connectivity index is 1.35. The quantitative estimate of drug-likeness (QED) is 0.295. The van der Waals surface area contributed by atoms with Crippen LogP contribution in [0.2, 0.25) is 0 Å². The number of carbonyl (C=O) groups excluding carboxylic acids is 1. The number of hydrogen-bond donors (Lipinski definition) is 2. The molecule has 0 spiro atoms. The Kier molecular flexibility index (Phi) is 5.54. The second-order valence-corrected chi connectivity index (χ2v) is 17.3. The number of carbonyl (C=O) groups is 1. The van der Waals surface area contributed by atoms with E-state index in [4.69, 9.17) is 9.26 Å². The van der Waals surface area contributed by atoms with Gasteiger partial charge in [-0.3, -0.25) is 9.32 Å². The van der Waals surface area contributed by atoms with Crippen molar-refractivity contribution < 1.29 is 28.4 Å². The van der Waals surface area contributed by atoms with Crippen LogP contribution in [0.5, 0.6) is 0 Å². The molecule has 2 N–H and O–H groups in total. The first-order chi connectivity index (χ1) is 16.9. The summed E-state index contributed by atoms with van der Waals surface area (Å²) in [7, 11) is -4.53. The number of hydrogen-bond acceptors (Lipinski definition) is 4. The van der Waals surface area contributed by atoms with Crippen LogP contribution in [0.25, 0.3) is 0 Å². The van der Waals surface area contributed by atoms with Gasteiger partial charge >= 0.3 is 13.8 Å². The molecule has 2 bridgehead atoms. The maximum Gasteiger partial charge on any atom is 0.469 e. The Morgan fingerprint density at radius 2 is 1.49 bits per heavy atom. The van der Waals surface area contributed by atoms with E-state index in [9.17, 15) is 19.1 Å². The van der Waals surface area contributed by atoms with Crippen LogP contribution in [-0.2, 0) is 18.6 Å². The predicted molar refractivity (Wildman–Crippen MR) is 141 cm³/mol. The van der Waals surface area contributed by atoms with Crippen LogP contribution in [0, 0.1) is 56.2 Å². The van der Waals surface area contributed by atoms with Gasteiger partial charge in [0.15, 0.2) is 0 Å². The minimum atomic E-state index is -4.53. The first kappa shape index (κ1) is 26.8. The van der Waals surface area contributed by atoms with Gasteiger partial charge in [0, 0.05) is 11.3 Å². The lowest BCUT2D eigenvalue weighted by molar-refractivity contribution is -0.251. The Bertz CT molecular complexity index is 1050. The normalized spacial score (nSPS) is 53.8. The molecule has 0 aromatic rings. The molecule has 0 aromatic heterocycles. The Labute approximate surface area is 223 Å². The SMILES string of the molecule is CC1(C)CCC23CC[C@@]4(C)C(CCC5[C@@]6(C)CCC(OP(=O)(O)O)C(C)(C)C6CC[C@]54C)C2C1OC3=O. The first-order valence-corrected chi connectivity index (χ1v) is 16.4. The molecule has 1 heterocycles. The molecule has 1 aliphatic heterocycles. The van der Waals surface area contributed by atoms with E-state index in [1.165, 1.54) is 6.42 Å². The molecule has 5 aliphatic carbocycles. The summed E-state index contributed by atoms with van der Waals surface area (Å²) in [6, 6.07) is 0. The summed E-state index contributed by atoms with van der Waals surface area (Å²) < 4.78 is 23.4. The minimum Gasteiger partial charge on any atom is -0.461 e. The van der Waals surface area contributed by atoms with Gasteiger partial charge in [-0.05, 0) is 104 Å². The van der Waals surface area contributed by atoms with Crippen molar-refractivity contribution in [3.63, 3.8) is 0 Å². The van der Waals surface area contributed by atoms with Crippen molar-refractivity contribution in [2.75, 3.05) is 0 Å². The fourth-order valence-corrected chi connectivity index (χ4v) is 12.9. The highest BCUT2D eigenvalue weighted by molar-refractivity contribution is 7.46. The van der Waals surface area contributed by atoms with Gasteiger partial charge < -0.3 is 14.5 Å². The van der Waals surface area contributed by atoms with Crippen LogP contribution < -0.4 is 0 Å². The zero-order valence-corrected chi connectivity index (χ0v) is 24.9. The predicted octanol–water partition coefficient (Wildman–Crippen LogP) is 6.88. The van der Waals surface area contributed by atoms with Crippen LogP contribution in [-0.4, -0.2) is 28.0 Å². The molecule has 7 unspecified atom stereocenters. The minimum absolute atomic E-state index is 0.0429. The zero-order valence-electron chi connectivity index (χ0n) is 24.0. The van der Waals surface area contributed by atoms with Crippen molar-refractivity contribution in [2.24, 2.45) is 56.2 Å². The van der Waals surface area contributed by atoms with Crippen molar-refractivity contribution in [3.05, 3.63) is 0 Å². The van der Waals surface area contributed by atoms with Crippen molar-refractivity contribution in [3.8, 4) is 0 Å². The molecular weight excluding hydrogens is 487 g/mol. The molecule has 37 heavy (non-hydrogen) atoms. The summed E-state index contributed by atoms with van der Waals surface area (Å²) in [5, 5.41) is 0. The van der Waals surface area contributed by atoms with Gasteiger partial charge in [0.1, 0.15) is 6.10 Å². The highest BCUT2D eigenvalue weighted by Gasteiger charge is 2.75. The number of phosphoric ester groups is 1. The molecule has 5 saturated carbocycles. The second-order valence-electron chi connectivity index (χ2n) is 16.1. The van der Waals surface area contributed by atoms with Gasteiger partial charge in [-0.15, -0.1) is 0 Å². The molecule has 10 atom stereocenters. The van der Waals surface area contributed by atoms with Crippen molar-refractivity contribution in [1.82, 2.24) is 0 Å². The summed E-state index contributed by atoms with van der Waals surface area (Å²) in [4.78, 5) is 32.6. The number of fused-ring (bicyclic) bond motifs is 5. The summed E-state index contributed by atoms with van der Waals surface area (Å²) in [5.74, 6) is 1.89. The fraction of sp³-hybridized carbons (Fsp3) is 0.967. The third-order valence-corrected chi connectivity index (χ3v) is 14.8. The standard InChI is InChI=1S/C30H49O6P/c1-25(2)14-16-30-17-15-28(6)18(22(30)23(25)35-24(30)31)8-9-20-27(5)12-11-21(36-37(32,33)34)26(3,4)19(27)10-13-29(20,28)7/h18-23H,8-17H2,1-7H3,(H2,32,33,34)/t18?,19?,20?,21?,22?,23?,27-,28-,29+,30?/m0/s1. The Morgan fingerprint density at radius 3 is 2.16 bits per heavy atom. The third kappa shape index (κ3) is 3.28. The van der Waals surface area contributed by atoms with Crippen LogP contribution in [0.1, 0.15) is 113 Å². The highest BCUT2D eigenvalue weighted by Crippen LogP contribution is 2.78. The van der Waals surface area contributed by atoms with E-state index in [0.717, 1.165) is 51.4 Å². The van der Waals surface area contributed by atoms with Crippen molar-refractivity contribution in [1.29, 1.82) is 0 Å². The van der Waals surface area contributed by atoms with Crippen LogP contribution in [0.3, 0.4) is 0 Å². The lowest BCUT2D eigenvalue weighted by Gasteiger charge is -2.73. The Hall–Kier alpha value is -0.420. The van der Waals surface area contributed by atoms with Gasteiger partial charge in [-0.1, -0.05) is 48.5 Å². The molecule has 210 valence electrons. The average molecular weight is 537 g/mol. The maximum absolute atomic E-state index is 13.4. The van der Waals surface area contributed by atoms with Gasteiger partial charge in [0.25, 0.3) is 0 Å². The van der Waals surface area contributed by atoms with Gasteiger partial charge in [0.05, 0.1) is 11.5 Å². The van der Waals surface area contributed by atoms with Gasteiger partial charge in [-0.25, -0.2) is 4.57 Å². The second kappa shape index (κ2) is 7.65. The monoisotopic (exact) mass is 536 g/mol. The lowest BCUT2D eigenvalue weighted by Crippen LogP contribution is -2.68. The average Bonchev–Trinajstić information content (AvgIpc) is 3.03. The van der Waals surface area contributed by atoms with Crippen LogP contribution in [0.15, 0.2) is 0 Å². The molecule has 6 nitrogen and oxygen atoms in total. The largest absolute Gasteiger partial charge is 0.469 e. The van der Waals surface area contributed by atoms with E-state index in [-0.39, 0.29) is 44.6 Å². The van der Waals surface area contributed by atoms with E-state index in [1.807, 2.05) is 0 Å². The molecule has 1 saturated heterocycles. The molecule has 7 heteroatoms. The third-order valence-electron chi connectivity index (χ3n) is 14.3. The summed E-state index contributed by atoms with van der Waals surface area (Å²) in [5.41, 5.74) is -0.0428. The van der Waals surface area contributed by atoms with E-state index < -0.39 is 13.9 Å². The topological polar surface area (TPSA) is 93.1 Å². The van der Waals surface area contributed by atoms with Gasteiger partial charge in [0.2, 0.25) is 0 Å². The first-order valence-electron chi connectivity index (χ1n) is 14.9. The smallest absolute Gasteiger partial charge is 0.461 e. The van der Waals surface area contributed by atoms with E-state index in [2.05, 4.69) is 48.5 Å². The molecule has 0 radical (unpaired) electrons. The summed E-state index contributed by atoms with van der Waals surface area (Å²) in [6.45, 7) is 16.6. The van der Waals surface area contributed by atoms with E-state index >= 15 is 0 Å². The highest BCUT2D eigenvalue weighted by atomic mass is 31.2. The number of phosphoric acid groups is 1. The van der Waals surface area contributed by atoms with Crippen molar-refractivity contribution in [2.45, 2.75) is 125 Å². The summed E-state index contributed by atoms with van der Waals surface area (Å²) in [6.07, 6.45) is 9.98. The van der Waals surface area contributed by atoms with E-state index in [1.54, 1.807) is 0 Å². The molecule has 6 rings (SSSR count). The zero-order chi connectivity index (χ0) is 27.0. The number of esters is 1. The van der Waals surface area contributed by atoms with Gasteiger partial charge in [-0.2, -0.15) is 0 Å². The van der Waals surface area contributed by atoms with Crippen molar-refractivity contribution >= 4 is 13.8 Å². The number of rotatable bonds is 2. The van der Waals surface area contributed by atoms with Crippen LogP contribution >= 0.6 is 7.82 Å². The lowest BCUT2D eigenvalue weighted by atomic mass is 9.31. The Morgan fingerprint density at radius 1 is 0.811 bits per heavy atom. The fourth-order valence-electron chi connectivity index (χ4n) is 12.2. The molecule has 0 aromatic carbocycles.